The smallest absolute Gasteiger partial charge is 0.166 e. The Hall–Kier alpha value is -1.77. The molecule has 0 saturated carbocycles. The molecule has 1 radical (unpaired) electrons. The molecule has 0 aromatic heterocycles. The van der Waals surface area contributed by atoms with Crippen LogP contribution in [0.15, 0.2) is 42.5 Å². The van der Waals surface area contributed by atoms with Crippen LogP contribution in [-0.4, -0.2) is 0 Å². The molecule has 0 spiro atoms. The summed E-state index contributed by atoms with van der Waals surface area (Å²) >= 11 is 0. The van der Waals surface area contributed by atoms with Gasteiger partial charge in [0, 0.05) is 0 Å². The molecule has 0 fully saturated rings. The third-order valence-corrected chi connectivity index (χ3v) is 3.20. The minimum atomic E-state index is -4.38. The van der Waals surface area contributed by atoms with E-state index in [0.717, 1.165) is 24.8 Å². The fourth-order valence-corrected chi connectivity index (χ4v) is 2.19. The van der Waals surface area contributed by atoms with Crippen LogP contribution < -0.4 is 0 Å². The number of hydrogen-bond acceptors (Lipinski definition) is 0. The Labute approximate surface area is 117 Å². The van der Waals surface area contributed by atoms with Gasteiger partial charge in [0.1, 0.15) is 0 Å². The number of alkyl halides is 3. The summed E-state index contributed by atoms with van der Waals surface area (Å²) in [6, 6.07) is 14.0. The Morgan fingerprint density at radius 2 is 1.90 bits per heavy atom. The first-order valence-electron chi connectivity index (χ1n) is 6.69. The Morgan fingerprint density at radius 3 is 2.60 bits per heavy atom. The lowest BCUT2D eigenvalue weighted by Crippen LogP contribution is -2.07. The Morgan fingerprint density at radius 1 is 1.10 bits per heavy atom. The van der Waals surface area contributed by atoms with Crippen LogP contribution in [0.2, 0.25) is 0 Å². The van der Waals surface area contributed by atoms with Gasteiger partial charge in [0.05, 0.1) is 5.56 Å². The van der Waals surface area contributed by atoms with Crippen molar-refractivity contribution in [3.63, 3.8) is 0 Å². The topological polar surface area (TPSA) is 0 Å². The predicted octanol–water partition coefficient (Wildman–Crippen LogP) is 5.52. The molecule has 0 heterocycles. The van der Waals surface area contributed by atoms with E-state index < -0.39 is 11.7 Å². The highest BCUT2D eigenvalue weighted by molar-refractivity contribution is 5.68. The van der Waals surface area contributed by atoms with E-state index in [4.69, 9.17) is 0 Å². The monoisotopic (exact) mass is 277 g/mol. The zero-order valence-electron chi connectivity index (χ0n) is 11.3. The first-order chi connectivity index (χ1) is 9.52. The van der Waals surface area contributed by atoms with Gasteiger partial charge >= 0.3 is 6.18 Å². The highest BCUT2D eigenvalue weighted by atomic mass is 19.4. The van der Waals surface area contributed by atoms with E-state index in [-0.39, 0.29) is 5.56 Å². The number of halogens is 3. The largest absolute Gasteiger partial charge is 0.417 e. The fourth-order valence-electron chi connectivity index (χ4n) is 2.19. The van der Waals surface area contributed by atoms with Crippen molar-refractivity contribution in [3.05, 3.63) is 59.7 Å². The van der Waals surface area contributed by atoms with Crippen LogP contribution in [0.5, 0.6) is 0 Å². The number of rotatable bonds is 4. The van der Waals surface area contributed by atoms with Gasteiger partial charge in [0.25, 0.3) is 0 Å². The van der Waals surface area contributed by atoms with Crippen LogP contribution in [0.25, 0.3) is 11.1 Å². The van der Waals surface area contributed by atoms with Crippen LogP contribution >= 0.6 is 0 Å². The molecule has 2 aromatic rings. The maximum atomic E-state index is 13.0. The number of unbranched alkanes of at least 4 members (excludes halogenated alkanes) is 1. The molecule has 0 amide bonds. The molecule has 2 aromatic carbocycles. The third kappa shape index (κ3) is 3.41. The Bertz CT molecular complexity index is 570. The number of benzene rings is 2. The minimum Gasteiger partial charge on any atom is -0.166 e. The van der Waals surface area contributed by atoms with Gasteiger partial charge in [-0.1, -0.05) is 55.8 Å². The average molecular weight is 277 g/mol. The second-order valence-electron chi connectivity index (χ2n) is 4.76. The zero-order chi connectivity index (χ0) is 14.6. The van der Waals surface area contributed by atoms with Crippen LogP contribution in [-0.2, 0) is 12.6 Å². The van der Waals surface area contributed by atoms with Crippen molar-refractivity contribution in [2.45, 2.75) is 32.4 Å². The summed E-state index contributed by atoms with van der Waals surface area (Å²) in [6.07, 6.45) is -1.38. The molecule has 20 heavy (non-hydrogen) atoms. The Kier molecular flexibility index (Phi) is 4.48. The van der Waals surface area contributed by atoms with Crippen molar-refractivity contribution >= 4 is 0 Å². The zero-order valence-corrected chi connectivity index (χ0v) is 11.3. The molecule has 105 valence electrons. The molecule has 0 N–H and O–H groups in total. The van der Waals surface area contributed by atoms with Crippen molar-refractivity contribution in [2.24, 2.45) is 0 Å². The van der Waals surface area contributed by atoms with Gasteiger partial charge in [-0.2, -0.15) is 13.2 Å². The lowest BCUT2D eigenvalue weighted by atomic mass is 9.96. The summed E-state index contributed by atoms with van der Waals surface area (Å²) in [4.78, 5) is 0. The summed E-state index contributed by atoms with van der Waals surface area (Å²) in [5, 5.41) is 0. The molecule has 0 aliphatic carbocycles. The Balaban J connectivity index is 2.42. The van der Waals surface area contributed by atoms with Gasteiger partial charge in [-0.25, -0.2) is 0 Å². The van der Waals surface area contributed by atoms with E-state index in [0.29, 0.717) is 5.56 Å². The van der Waals surface area contributed by atoms with Crippen molar-refractivity contribution in [2.75, 3.05) is 0 Å². The lowest BCUT2D eigenvalue weighted by Gasteiger charge is -2.13. The quantitative estimate of drug-likeness (QED) is 0.690. The highest BCUT2D eigenvalue weighted by Gasteiger charge is 2.33. The van der Waals surface area contributed by atoms with E-state index in [1.807, 2.05) is 18.2 Å². The SMILES string of the molecule is CCCCc1cccc(-c2ccc[c]c2C(F)(F)F)c1. The summed E-state index contributed by atoms with van der Waals surface area (Å²) in [7, 11) is 0. The van der Waals surface area contributed by atoms with Crippen molar-refractivity contribution in [1.82, 2.24) is 0 Å². The molecule has 0 aliphatic heterocycles. The lowest BCUT2D eigenvalue weighted by molar-refractivity contribution is -0.137. The third-order valence-electron chi connectivity index (χ3n) is 3.20. The maximum Gasteiger partial charge on any atom is 0.417 e. The van der Waals surface area contributed by atoms with Crippen LogP contribution in [0, 0.1) is 6.07 Å². The van der Waals surface area contributed by atoms with Gasteiger partial charge in [0.15, 0.2) is 0 Å². The van der Waals surface area contributed by atoms with Gasteiger partial charge < -0.3 is 0 Å². The standard InChI is InChI=1S/C17H16F3/c1-2-3-7-13-8-6-9-14(12-13)15-10-4-5-11-16(15)17(18,19)20/h4-6,8-10,12H,2-3,7H2,1H3. The van der Waals surface area contributed by atoms with Crippen LogP contribution in [0.3, 0.4) is 0 Å². The first kappa shape index (κ1) is 14.6. The van der Waals surface area contributed by atoms with E-state index in [2.05, 4.69) is 13.0 Å². The van der Waals surface area contributed by atoms with E-state index >= 15 is 0 Å². The molecular weight excluding hydrogens is 261 g/mol. The predicted molar refractivity (Wildman–Crippen MR) is 74.3 cm³/mol. The van der Waals surface area contributed by atoms with Crippen molar-refractivity contribution in [3.8, 4) is 11.1 Å². The second-order valence-corrected chi connectivity index (χ2v) is 4.76. The van der Waals surface area contributed by atoms with Crippen LogP contribution in [0.1, 0.15) is 30.9 Å². The summed E-state index contributed by atoms with van der Waals surface area (Å²) in [5.74, 6) is 0. The highest BCUT2D eigenvalue weighted by Crippen LogP contribution is 2.36. The number of hydrogen-bond donors (Lipinski definition) is 0. The van der Waals surface area contributed by atoms with Crippen molar-refractivity contribution in [1.29, 1.82) is 0 Å². The summed E-state index contributed by atoms with van der Waals surface area (Å²) < 4.78 is 39.0. The maximum absolute atomic E-state index is 13.0. The van der Waals surface area contributed by atoms with Crippen molar-refractivity contribution < 1.29 is 13.2 Å². The molecule has 0 unspecified atom stereocenters. The molecule has 3 heteroatoms. The summed E-state index contributed by atoms with van der Waals surface area (Å²) in [5.41, 5.74) is 1.16. The van der Waals surface area contributed by atoms with Gasteiger partial charge in [0.2, 0.25) is 0 Å². The van der Waals surface area contributed by atoms with Gasteiger partial charge in [-0.05, 0) is 35.6 Å². The molecule has 0 aliphatic rings. The minimum absolute atomic E-state index is 0.193. The van der Waals surface area contributed by atoms with E-state index in [9.17, 15) is 13.2 Å². The van der Waals surface area contributed by atoms with E-state index in [1.165, 1.54) is 12.1 Å². The normalized spacial score (nSPS) is 11.6. The van der Waals surface area contributed by atoms with Gasteiger partial charge in [-0.3, -0.25) is 0 Å². The van der Waals surface area contributed by atoms with E-state index in [1.54, 1.807) is 12.1 Å². The molecule has 0 nitrogen and oxygen atoms in total. The molecule has 0 atom stereocenters. The molecule has 0 bridgehead atoms. The second kappa shape index (κ2) is 6.12. The van der Waals surface area contributed by atoms with Gasteiger partial charge in [-0.15, -0.1) is 0 Å². The molecular formula is C17H16F3. The van der Waals surface area contributed by atoms with Crippen LogP contribution in [0.4, 0.5) is 13.2 Å². The molecule has 0 saturated heterocycles. The first-order valence-corrected chi connectivity index (χ1v) is 6.69. The summed E-state index contributed by atoms with van der Waals surface area (Å²) in [6.45, 7) is 2.10. The average Bonchev–Trinajstić information content (AvgIpc) is 2.44. The molecule has 2 rings (SSSR count). The fraction of sp³-hybridized carbons (Fsp3) is 0.294. The number of aryl methyl sites for hydroxylation is 1.